The third-order valence-corrected chi connectivity index (χ3v) is 4.28. The Morgan fingerprint density at radius 3 is 2.46 bits per heavy atom. The monoisotopic (exact) mass is 326 g/mol. The molecule has 0 spiro atoms. The van der Waals surface area contributed by atoms with E-state index in [-0.39, 0.29) is 5.91 Å². The first kappa shape index (κ1) is 16.2. The van der Waals surface area contributed by atoms with Gasteiger partial charge in [0.1, 0.15) is 11.6 Å². The summed E-state index contributed by atoms with van der Waals surface area (Å²) in [5, 5.41) is 0. The molecule has 0 radical (unpaired) electrons. The lowest BCUT2D eigenvalue weighted by Gasteiger charge is -2.35. The van der Waals surface area contributed by atoms with Crippen LogP contribution in [-0.2, 0) is 0 Å². The Morgan fingerprint density at radius 2 is 1.79 bits per heavy atom. The summed E-state index contributed by atoms with van der Waals surface area (Å²) in [4.78, 5) is 25.4. The Balaban J connectivity index is 1.69. The van der Waals surface area contributed by atoms with Crippen molar-refractivity contribution in [2.45, 2.75) is 13.8 Å². The Labute approximate surface area is 142 Å². The number of aryl methyl sites for hydroxylation is 2. The molecule has 2 heterocycles. The number of anilines is 1. The van der Waals surface area contributed by atoms with Crippen molar-refractivity contribution in [3.05, 3.63) is 47.3 Å². The Hall–Kier alpha value is -2.63. The van der Waals surface area contributed by atoms with Crippen LogP contribution in [0.2, 0.25) is 0 Å². The molecule has 0 saturated carbocycles. The second kappa shape index (κ2) is 6.86. The number of ether oxygens (including phenoxy) is 1. The van der Waals surface area contributed by atoms with E-state index >= 15 is 0 Å². The second-order valence-corrected chi connectivity index (χ2v) is 5.91. The molecule has 1 aromatic heterocycles. The van der Waals surface area contributed by atoms with Gasteiger partial charge >= 0.3 is 0 Å². The second-order valence-electron chi connectivity index (χ2n) is 5.91. The first-order valence-corrected chi connectivity index (χ1v) is 8.08. The Morgan fingerprint density at radius 1 is 1.08 bits per heavy atom. The highest BCUT2D eigenvalue weighted by Gasteiger charge is 2.24. The van der Waals surface area contributed by atoms with Gasteiger partial charge in [-0.05, 0) is 25.5 Å². The lowest BCUT2D eigenvalue weighted by molar-refractivity contribution is 0.0745. The van der Waals surface area contributed by atoms with E-state index in [1.165, 1.54) is 0 Å². The molecule has 1 aliphatic heterocycles. The summed E-state index contributed by atoms with van der Waals surface area (Å²) < 4.78 is 5.21. The highest BCUT2D eigenvalue weighted by molar-refractivity contribution is 5.95. The summed E-state index contributed by atoms with van der Waals surface area (Å²) >= 11 is 0. The van der Waals surface area contributed by atoms with Crippen LogP contribution in [-0.4, -0.2) is 54.1 Å². The molecule has 1 saturated heterocycles. The standard InChI is InChI=1S/C18H22N4O2/c1-13-6-4-5-7-15(13)18(23)22-10-8-21(9-11-22)16-12-17(24-3)20-14(2)19-16/h4-7,12H,8-11H2,1-3H3. The maximum atomic E-state index is 12.7. The van der Waals surface area contributed by atoms with E-state index in [1.54, 1.807) is 7.11 Å². The summed E-state index contributed by atoms with van der Waals surface area (Å²) in [5.74, 6) is 2.20. The van der Waals surface area contributed by atoms with Gasteiger partial charge in [-0.1, -0.05) is 18.2 Å². The smallest absolute Gasteiger partial charge is 0.254 e. The molecule has 1 fully saturated rings. The van der Waals surface area contributed by atoms with Gasteiger partial charge in [-0.2, -0.15) is 4.98 Å². The zero-order valence-corrected chi connectivity index (χ0v) is 14.3. The number of nitrogens with zero attached hydrogens (tertiary/aromatic N) is 4. The number of amides is 1. The largest absolute Gasteiger partial charge is 0.481 e. The van der Waals surface area contributed by atoms with Crippen molar-refractivity contribution in [2.24, 2.45) is 0 Å². The van der Waals surface area contributed by atoms with Crippen LogP contribution in [0.3, 0.4) is 0 Å². The van der Waals surface area contributed by atoms with Crippen molar-refractivity contribution in [2.75, 3.05) is 38.2 Å². The molecular formula is C18H22N4O2. The van der Waals surface area contributed by atoms with E-state index < -0.39 is 0 Å². The summed E-state index contributed by atoms with van der Waals surface area (Å²) in [5.41, 5.74) is 1.80. The van der Waals surface area contributed by atoms with Gasteiger partial charge in [-0.3, -0.25) is 4.79 Å². The van der Waals surface area contributed by atoms with Crippen molar-refractivity contribution in [3.8, 4) is 5.88 Å². The van der Waals surface area contributed by atoms with Gasteiger partial charge in [0.05, 0.1) is 7.11 Å². The minimum absolute atomic E-state index is 0.101. The molecule has 0 N–H and O–H groups in total. The van der Waals surface area contributed by atoms with Crippen molar-refractivity contribution >= 4 is 11.7 Å². The molecule has 0 bridgehead atoms. The summed E-state index contributed by atoms with van der Waals surface area (Å²) in [6.07, 6.45) is 0. The summed E-state index contributed by atoms with van der Waals surface area (Å²) in [6, 6.07) is 9.56. The molecule has 1 aliphatic rings. The van der Waals surface area contributed by atoms with Crippen molar-refractivity contribution in [3.63, 3.8) is 0 Å². The Kier molecular flexibility index (Phi) is 4.64. The average Bonchev–Trinajstić information content (AvgIpc) is 2.61. The van der Waals surface area contributed by atoms with Crippen LogP contribution in [0.4, 0.5) is 5.82 Å². The van der Waals surface area contributed by atoms with Gasteiger partial charge in [-0.25, -0.2) is 4.98 Å². The van der Waals surface area contributed by atoms with Crippen LogP contribution < -0.4 is 9.64 Å². The fraction of sp³-hybridized carbons (Fsp3) is 0.389. The van der Waals surface area contributed by atoms with Crippen LogP contribution in [0.25, 0.3) is 0 Å². The van der Waals surface area contributed by atoms with Gasteiger partial charge in [-0.15, -0.1) is 0 Å². The number of aromatic nitrogens is 2. The molecule has 0 atom stereocenters. The Bertz CT molecular complexity index is 740. The van der Waals surface area contributed by atoms with Crippen LogP contribution in [0.1, 0.15) is 21.7 Å². The number of piperazine rings is 1. The lowest BCUT2D eigenvalue weighted by atomic mass is 10.1. The third kappa shape index (κ3) is 3.32. The molecule has 1 amide bonds. The summed E-state index contributed by atoms with van der Waals surface area (Å²) in [6.45, 7) is 6.68. The highest BCUT2D eigenvalue weighted by Crippen LogP contribution is 2.20. The van der Waals surface area contributed by atoms with Crippen molar-refractivity contribution in [1.29, 1.82) is 0 Å². The maximum absolute atomic E-state index is 12.7. The first-order chi connectivity index (χ1) is 11.6. The van der Waals surface area contributed by atoms with E-state index in [9.17, 15) is 4.79 Å². The van der Waals surface area contributed by atoms with E-state index in [4.69, 9.17) is 4.74 Å². The molecule has 6 heteroatoms. The first-order valence-electron chi connectivity index (χ1n) is 8.08. The highest BCUT2D eigenvalue weighted by atomic mass is 16.5. The van der Waals surface area contributed by atoms with Gasteiger partial charge in [0.2, 0.25) is 5.88 Å². The molecule has 0 unspecified atom stereocenters. The number of hydrogen-bond donors (Lipinski definition) is 0. The van der Waals surface area contributed by atoms with E-state index in [0.29, 0.717) is 24.8 Å². The van der Waals surface area contributed by atoms with Gasteiger partial charge in [0.25, 0.3) is 5.91 Å². The minimum atomic E-state index is 0.101. The number of methoxy groups -OCH3 is 1. The fourth-order valence-electron chi connectivity index (χ4n) is 2.91. The van der Waals surface area contributed by atoms with Gasteiger partial charge < -0.3 is 14.5 Å². The molecule has 2 aromatic rings. The van der Waals surface area contributed by atoms with Crippen LogP contribution >= 0.6 is 0 Å². The van der Waals surface area contributed by atoms with Crippen molar-refractivity contribution < 1.29 is 9.53 Å². The topological polar surface area (TPSA) is 58.6 Å². The number of benzene rings is 1. The molecule has 3 rings (SSSR count). The number of carbonyl (C=O) groups is 1. The van der Waals surface area contributed by atoms with Crippen LogP contribution in [0.5, 0.6) is 5.88 Å². The van der Waals surface area contributed by atoms with Crippen LogP contribution in [0, 0.1) is 13.8 Å². The normalized spacial score (nSPS) is 14.6. The maximum Gasteiger partial charge on any atom is 0.254 e. The molecule has 126 valence electrons. The van der Waals surface area contributed by atoms with Gasteiger partial charge in [0, 0.05) is 37.8 Å². The molecular weight excluding hydrogens is 304 g/mol. The average molecular weight is 326 g/mol. The molecule has 1 aromatic carbocycles. The van der Waals surface area contributed by atoms with Crippen LogP contribution in [0.15, 0.2) is 30.3 Å². The zero-order chi connectivity index (χ0) is 17.1. The zero-order valence-electron chi connectivity index (χ0n) is 14.3. The molecule has 24 heavy (non-hydrogen) atoms. The number of hydrogen-bond acceptors (Lipinski definition) is 5. The quantitative estimate of drug-likeness (QED) is 0.864. The third-order valence-electron chi connectivity index (χ3n) is 4.28. The van der Waals surface area contributed by atoms with Crippen molar-refractivity contribution in [1.82, 2.24) is 14.9 Å². The molecule has 0 aliphatic carbocycles. The summed E-state index contributed by atoms with van der Waals surface area (Å²) in [7, 11) is 1.60. The van der Waals surface area contributed by atoms with Gasteiger partial charge in [0.15, 0.2) is 0 Å². The SMILES string of the molecule is COc1cc(N2CCN(C(=O)c3ccccc3C)CC2)nc(C)n1. The van der Waals surface area contributed by atoms with E-state index in [0.717, 1.165) is 30.0 Å². The van der Waals surface area contributed by atoms with E-state index in [2.05, 4.69) is 14.9 Å². The lowest BCUT2D eigenvalue weighted by Crippen LogP contribution is -2.49. The van der Waals surface area contributed by atoms with E-state index in [1.807, 2.05) is 49.1 Å². The number of carbonyl (C=O) groups excluding carboxylic acids is 1. The predicted molar refractivity (Wildman–Crippen MR) is 92.6 cm³/mol. The minimum Gasteiger partial charge on any atom is -0.481 e. The number of rotatable bonds is 3. The molecule has 6 nitrogen and oxygen atoms in total. The fourth-order valence-corrected chi connectivity index (χ4v) is 2.91. The predicted octanol–water partition coefficient (Wildman–Crippen LogP) is 2.06.